The second-order valence-electron chi connectivity index (χ2n) is 5.04. The van der Waals surface area contributed by atoms with Crippen LogP contribution < -0.4 is 0 Å². The summed E-state index contributed by atoms with van der Waals surface area (Å²) in [6.45, 7) is 4.44. The van der Waals surface area contributed by atoms with E-state index in [0.717, 1.165) is 24.5 Å². The first-order chi connectivity index (χ1) is 9.29. The first-order valence-electron chi connectivity index (χ1n) is 6.83. The predicted molar refractivity (Wildman–Crippen MR) is 82.9 cm³/mol. The van der Waals surface area contributed by atoms with Gasteiger partial charge < -0.3 is 0 Å². The number of fused-ring (bicyclic) bond motifs is 1. The molecule has 3 heteroatoms. The van der Waals surface area contributed by atoms with Gasteiger partial charge in [0.2, 0.25) is 0 Å². The number of hydrogen-bond acceptors (Lipinski definition) is 2. The lowest BCUT2D eigenvalue weighted by molar-refractivity contribution is 0.176. The lowest BCUT2D eigenvalue weighted by atomic mass is 9.99. The van der Waals surface area contributed by atoms with Crippen molar-refractivity contribution in [2.24, 2.45) is 0 Å². The quantitative estimate of drug-likeness (QED) is 0.776. The van der Waals surface area contributed by atoms with Crippen LogP contribution in [0, 0.1) is 0 Å². The van der Waals surface area contributed by atoms with E-state index in [-0.39, 0.29) is 0 Å². The molecule has 2 aromatic rings. The molecule has 0 saturated carbocycles. The fourth-order valence-electron chi connectivity index (χ4n) is 2.96. The Hall–Kier alpha value is -0.830. The van der Waals surface area contributed by atoms with E-state index in [0.29, 0.717) is 6.04 Å². The summed E-state index contributed by atoms with van der Waals surface area (Å²) in [7, 11) is 0. The van der Waals surface area contributed by atoms with Crippen molar-refractivity contribution < 1.29 is 0 Å². The normalized spacial score (nSPS) is 17.2. The van der Waals surface area contributed by atoms with Gasteiger partial charge in [0, 0.05) is 29.0 Å². The smallest absolute Gasteiger partial charge is 0.0453 e. The molecule has 1 unspecified atom stereocenters. The van der Waals surface area contributed by atoms with E-state index in [2.05, 4.69) is 35.4 Å². The molecule has 19 heavy (non-hydrogen) atoms. The molecular formula is C16H18ClNS. The topological polar surface area (TPSA) is 3.24 Å². The molecule has 1 atom stereocenters. The number of rotatable bonds is 3. The highest BCUT2D eigenvalue weighted by Gasteiger charge is 2.25. The SMILES string of the molecule is CCC(c1ccccc1Cl)N1CCc2sccc2C1. The zero-order valence-corrected chi connectivity index (χ0v) is 12.7. The van der Waals surface area contributed by atoms with Crippen molar-refractivity contribution >= 4 is 22.9 Å². The number of thiophene rings is 1. The van der Waals surface area contributed by atoms with Crippen molar-refractivity contribution in [1.82, 2.24) is 4.90 Å². The highest BCUT2D eigenvalue weighted by Crippen LogP contribution is 2.34. The standard InChI is InChI=1S/C16H18ClNS/c1-2-15(13-5-3-4-6-14(13)17)18-9-7-16-12(11-18)8-10-19-16/h3-6,8,10,15H,2,7,9,11H2,1H3. The van der Waals surface area contributed by atoms with Gasteiger partial charge in [-0.15, -0.1) is 11.3 Å². The lowest BCUT2D eigenvalue weighted by Gasteiger charge is -2.34. The molecule has 0 bridgehead atoms. The van der Waals surface area contributed by atoms with Crippen LogP contribution in [-0.2, 0) is 13.0 Å². The van der Waals surface area contributed by atoms with Crippen LogP contribution >= 0.6 is 22.9 Å². The fourth-order valence-corrected chi connectivity index (χ4v) is 4.11. The second-order valence-corrected chi connectivity index (χ2v) is 6.44. The molecule has 0 aliphatic carbocycles. The first-order valence-corrected chi connectivity index (χ1v) is 8.09. The van der Waals surface area contributed by atoms with E-state index in [1.165, 1.54) is 17.5 Å². The molecule has 0 fully saturated rings. The van der Waals surface area contributed by atoms with E-state index in [1.807, 2.05) is 23.5 Å². The van der Waals surface area contributed by atoms with Gasteiger partial charge in [-0.05, 0) is 41.5 Å². The maximum absolute atomic E-state index is 6.37. The summed E-state index contributed by atoms with van der Waals surface area (Å²) in [4.78, 5) is 4.13. The Labute approximate surface area is 123 Å². The molecule has 1 aromatic heterocycles. The Balaban J connectivity index is 1.86. The van der Waals surface area contributed by atoms with Crippen molar-refractivity contribution in [2.75, 3.05) is 6.54 Å². The van der Waals surface area contributed by atoms with Crippen LogP contribution in [0.15, 0.2) is 35.7 Å². The Kier molecular flexibility index (Phi) is 3.92. The predicted octanol–water partition coefficient (Wildman–Crippen LogP) is 4.91. The highest BCUT2D eigenvalue weighted by atomic mass is 35.5. The van der Waals surface area contributed by atoms with Gasteiger partial charge in [0.25, 0.3) is 0 Å². The van der Waals surface area contributed by atoms with Gasteiger partial charge in [0.1, 0.15) is 0 Å². The van der Waals surface area contributed by atoms with E-state index >= 15 is 0 Å². The Morgan fingerprint density at radius 1 is 1.32 bits per heavy atom. The summed E-state index contributed by atoms with van der Waals surface area (Å²) >= 11 is 8.26. The minimum Gasteiger partial charge on any atom is -0.292 e. The van der Waals surface area contributed by atoms with Gasteiger partial charge in [0.05, 0.1) is 0 Å². The van der Waals surface area contributed by atoms with E-state index in [1.54, 1.807) is 4.88 Å². The number of hydrogen-bond donors (Lipinski definition) is 0. The van der Waals surface area contributed by atoms with Crippen molar-refractivity contribution in [2.45, 2.75) is 32.4 Å². The largest absolute Gasteiger partial charge is 0.292 e. The van der Waals surface area contributed by atoms with Gasteiger partial charge in [0.15, 0.2) is 0 Å². The molecule has 0 radical (unpaired) electrons. The van der Waals surface area contributed by atoms with Crippen LogP contribution in [0.1, 0.15) is 35.4 Å². The molecule has 0 spiro atoms. The van der Waals surface area contributed by atoms with Gasteiger partial charge in [-0.3, -0.25) is 4.90 Å². The van der Waals surface area contributed by atoms with Gasteiger partial charge in [-0.2, -0.15) is 0 Å². The number of benzene rings is 1. The average molecular weight is 292 g/mol. The second kappa shape index (κ2) is 5.66. The monoisotopic (exact) mass is 291 g/mol. The minimum absolute atomic E-state index is 0.432. The Bertz CT molecular complexity index is 563. The van der Waals surface area contributed by atoms with Crippen molar-refractivity contribution in [3.8, 4) is 0 Å². The maximum atomic E-state index is 6.37. The van der Waals surface area contributed by atoms with Crippen LogP contribution in [0.3, 0.4) is 0 Å². The molecular weight excluding hydrogens is 274 g/mol. The van der Waals surface area contributed by atoms with Crippen LogP contribution in [0.5, 0.6) is 0 Å². The van der Waals surface area contributed by atoms with Crippen LogP contribution in [-0.4, -0.2) is 11.4 Å². The molecule has 100 valence electrons. The Morgan fingerprint density at radius 2 is 2.16 bits per heavy atom. The van der Waals surface area contributed by atoms with Crippen molar-refractivity contribution in [3.05, 3.63) is 56.7 Å². The number of halogens is 1. The Morgan fingerprint density at radius 3 is 2.95 bits per heavy atom. The fraction of sp³-hybridized carbons (Fsp3) is 0.375. The van der Waals surface area contributed by atoms with Crippen molar-refractivity contribution in [1.29, 1.82) is 0 Å². The third-order valence-electron chi connectivity index (χ3n) is 3.93. The summed E-state index contributed by atoms with van der Waals surface area (Å²) in [5.41, 5.74) is 2.77. The minimum atomic E-state index is 0.432. The molecule has 1 aliphatic heterocycles. The summed E-state index contributed by atoms with van der Waals surface area (Å²) in [5.74, 6) is 0. The third-order valence-corrected chi connectivity index (χ3v) is 5.30. The van der Waals surface area contributed by atoms with Crippen LogP contribution in [0.4, 0.5) is 0 Å². The molecule has 0 amide bonds. The van der Waals surface area contributed by atoms with Crippen molar-refractivity contribution in [3.63, 3.8) is 0 Å². The summed E-state index contributed by atoms with van der Waals surface area (Å²) in [5, 5.41) is 3.11. The van der Waals surface area contributed by atoms with Gasteiger partial charge in [-0.1, -0.05) is 36.7 Å². The molecule has 1 aromatic carbocycles. The van der Waals surface area contributed by atoms with E-state index < -0.39 is 0 Å². The zero-order chi connectivity index (χ0) is 13.2. The maximum Gasteiger partial charge on any atom is 0.0453 e. The summed E-state index contributed by atoms with van der Waals surface area (Å²) in [6.07, 6.45) is 2.27. The van der Waals surface area contributed by atoms with E-state index in [4.69, 9.17) is 11.6 Å². The third kappa shape index (κ3) is 2.58. The molecule has 3 rings (SSSR count). The van der Waals surface area contributed by atoms with E-state index in [9.17, 15) is 0 Å². The molecule has 2 heterocycles. The molecule has 1 aliphatic rings. The summed E-state index contributed by atoms with van der Waals surface area (Å²) < 4.78 is 0. The van der Waals surface area contributed by atoms with Crippen LogP contribution in [0.2, 0.25) is 5.02 Å². The zero-order valence-electron chi connectivity index (χ0n) is 11.1. The highest BCUT2D eigenvalue weighted by molar-refractivity contribution is 7.10. The molecule has 0 N–H and O–H groups in total. The summed E-state index contributed by atoms with van der Waals surface area (Å²) in [6, 6.07) is 11.0. The first kappa shape index (κ1) is 13.2. The van der Waals surface area contributed by atoms with Crippen LogP contribution in [0.25, 0.3) is 0 Å². The van der Waals surface area contributed by atoms with Gasteiger partial charge in [-0.25, -0.2) is 0 Å². The lowest BCUT2D eigenvalue weighted by Crippen LogP contribution is -2.33. The molecule has 1 nitrogen and oxygen atoms in total. The molecule has 0 saturated heterocycles. The number of nitrogens with zero attached hydrogens (tertiary/aromatic N) is 1. The van der Waals surface area contributed by atoms with Gasteiger partial charge >= 0.3 is 0 Å². The average Bonchev–Trinajstić information content (AvgIpc) is 2.89.